The van der Waals surface area contributed by atoms with Crippen molar-refractivity contribution in [2.45, 2.75) is 38.6 Å². The largest absolute Gasteiger partial charge is 0.508 e. The number of carboxylic acid groups (broad SMARTS) is 1. The Labute approximate surface area is 124 Å². The van der Waals surface area contributed by atoms with Gasteiger partial charge in [0.15, 0.2) is 0 Å². The van der Waals surface area contributed by atoms with Crippen molar-refractivity contribution >= 4 is 5.97 Å². The number of hydrogen-bond acceptors (Lipinski definition) is 4. The van der Waals surface area contributed by atoms with Crippen molar-refractivity contribution in [2.75, 3.05) is 6.54 Å². The fourth-order valence-electron chi connectivity index (χ4n) is 2.96. The van der Waals surface area contributed by atoms with E-state index in [4.69, 9.17) is 5.11 Å². The number of carbonyl (C=O) groups is 1. The molecule has 1 fully saturated rings. The molecule has 1 saturated carbocycles. The minimum atomic E-state index is -0.681. The Hall–Kier alpha value is -1.75. The molecule has 1 aromatic carbocycles. The van der Waals surface area contributed by atoms with E-state index in [9.17, 15) is 15.0 Å². The number of hydrogen-bond donors (Lipinski definition) is 4. The molecule has 4 N–H and O–H groups in total. The lowest BCUT2D eigenvalue weighted by molar-refractivity contribution is -0.143. The minimum Gasteiger partial charge on any atom is -0.508 e. The van der Waals surface area contributed by atoms with E-state index in [0.717, 1.165) is 32.2 Å². The third-order valence-electron chi connectivity index (χ3n) is 4.39. The van der Waals surface area contributed by atoms with E-state index in [1.165, 1.54) is 12.1 Å². The predicted molar refractivity (Wildman–Crippen MR) is 79.3 cm³/mol. The van der Waals surface area contributed by atoms with E-state index in [0.29, 0.717) is 11.5 Å². The Bertz CT molecular complexity index is 495. The second-order valence-corrected chi connectivity index (χ2v) is 5.93. The summed E-state index contributed by atoms with van der Waals surface area (Å²) in [5.41, 5.74) is 0.675. The maximum atomic E-state index is 10.9. The Morgan fingerprint density at radius 1 is 1.29 bits per heavy atom. The summed E-state index contributed by atoms with van der Waals surface area (Å²) in [5.74, 6) is -0.0865. The van der Waals surface area contributed by atoms with Gasteiger partial charge in [-0.3, -0.25) is 4.79 Å². The van der Waals surface area contributed by atoms with Crippen LogP contribution in [0.4, 0.5) is 0 Å². The molecule has 1 atom stereocenters. The molecule has 0 aromatic heterocycles. The number of benzene rings is 1. The van der Waals surface area contributed by atoms with Crippen LogP contribution in [0, 0.1) is 11.8 Å². The zero-order valence-electron chi connectivity index (χ0n) is 12.2. The van der Waals surface area contributed by atoms with Crippen molar-refractivity contribution in [3.05, 3.63) is 23.8 Å². The zero-order chi connectivity index (χ0) is 15.4. The lowest BCUT2D eigenvalue weighted by atomic mass is 9.82. The number of aromatic hydroxyl groups is 2. The highest BCUT2D eigenvalue weighted by Gasteiger charge is 2.26. The maximum absolute atomic E-state index is 10.9. The second kappa shape index (κ2) is 6.80. The number of phenols is 2. The number of carboxylic acids is 1. The molecular weight excluding hydrogens is 270 g/mol. The van der Waals surface area contributed by atoms with Crippen LogP contribution in [0.5, 0.6) is 11.5 Å². The molecule has 1 aliphatic carbocycles. The summed E-state index contributed by atoms with van der Waals surface area (Å²) in [5, 5.41) is 31.7. The normalized spacial score (nSPS) is 23.7. The first-order valence-electron chi connectivity index (χ1n) is 7.45. The van der Waals surface area contributed by atoms with Gasteiger partial charge < -0.3 is 20.6 Å². The second-order valence-electron chi connectivity index (χ2n) is 5.93. The fraction of sp³-hybridized carbons (Fsp3) is 0.562. The van der Waals surface area contributed by atoms with E-state index < -0.39 is 5.97 Å². The van der Waals surface area contributed by atoms with Gasteiger partial charge in [0.05, 0.1) is 5.92 Å². The maximum Gasteiger partial charge on any atom is 0.306 e. The van der Waals surface area contributed by atoms with Crippen LogP contribution in [-0.4, -0.2) is 27.8 Å². The lowest BCUT2D eigenvalue weighted by Gasteiger charge is -2.27. The van der Waals surface area contributed by atoms with Gasteiger partial charge in [-0.05, 0) is 63.3 Å². The zero-order valence-corrected chi connectivity index (χ0v) is 12.2. The number of rotatable bonds is 5. The van der Waals surface area contributed by atoms with Gasteiger partial charge >= 0.3 is 5.97 Å². The van der Waals surface area contributed by atoms with Crippen LogP contribution in [0.1, 0.15) is 44.2 Å². The smallest absolute Gasteiger partial charge is 0.306 e. The van der Waals surface area contributed by atoms with Gasteiger partial charge in [-0.1, -0.05) is 0 Å². The van der Waals surface area contributed by atoms with Crippen LogP contribution in [0.2, 0.25) is 0 Å². The van der Waals surface area contributed by atoms with Crippen LogP contribution in [0.3, 0.4) is 0 Å². The summed E-state index contributed by atoms with van der Waals surface area (Å²) in [6.45, 7) is 2.74. The Morgan fingerprint density at radius 3 is 2.57 bits per heavy atom. The highest BCUT2D eigenvalue weighted by molar-refractivity contribution is 5.69. The molecule has 0 radical (unpaired) electrons. The van der Waals surface area contributed by atoms with E-state index in [2.05, 4.69) is 5.32 Å². The van der Waals surface area contributed by atoms with E-state index in [1.807, 2.05) is 6.92 Å². The Morgan fingerprint density at radius 2 is 1.95 bits per heavy atom. The molecule has 0 aliphatic heterocycles. The van der Waals surface area contributed by atoms with Gasteiger partial charge in [0, 0.05) is 11.6 Å². The molecule has 0 amide bonds. The minimum absolute atomic E-state index is 0.0608. The van der Waals surface area contributed by atoms with E-state index in [-0.39, 0.29) is 23.5 Å². The van der Waals surface area contributed by atoms with Crippen LogP contribution in [0.25, 0.3) is 0 Å². The molecule has 0 saturated heterocycles. The summed E-state index contributed by atoms with van der Waals surface area (Å²) in [7, 11) is 0. The summed E-state index contributed by atoms with van der Waals surface area (Å²) >= 11 is 0. The first kappa shape index (κ1) is 15.6. The van der Waals surface area contributed by atoms with Gasteiger partial charge in [0.2, 0.25) is 0 Å². The first-order chi connectivity index (χ1) is 9.97. The van der Waals surface area contributed by atoms with Crippen molar-refractivity contribution in [1.29, 1.82) is 0 Å². The number of aliphatic carboxylic acids is 1. The third-order valence-corrected chi connectivity index (χ3v) is 4.39. The SMILES string of the molecule is CC(NCC1CCC(C(=O)O)CC1)c1cc(O)ccc1O. The van der Waals surface area contributed by atoms with Crippen LogP contribution in [-0.2, 0) is 4.79 Å². The quantitative estimate of drug-likeness (QED) is 0.627. The molecule has 2 rings (SSSR count). The van der Waals surface area contributed by atoms with Crippen LogP contribution >= 0.6 is 0 Å². The van der Waals surface area contributed by atoms with Crippen molar-refractivity contribution in [3.8, 4) is 11.5 Å². The molecular formula is C16H23NO4. The standard InChI is InChI=1S/C16H23NO4/c1-10(14-8-13(18)6-7-15(14)19)17-9-11-2-4-12(5-3-11)16(20)21/h6-8,10-12,17-19H,2-5,9H2,1H3,(H,20,21). The van der Waals surface area contributed by atoms with Crippen molar-refractivity contribution in [1.82, 2.24) is 5.32 Å². The molecule has 5 nitrogen and oxygen atoms in total. The molecule has 1 aromatic rings. The summed E-state index contributed by atoms with van der Waals surface area (Å²) < 4.78 is 0. The molecule has 1 aliphatic rings. The first-order valence-corrected chi connectivity index (χ1v) is 7.45. The average Bonchev–Trinajstić information content (AvgIpc) is 2.47. The molecule has 116 valence electrons. The van der Waals surface area contributed by atoms with Crippen molar-refractivity contribution in [2.24, 2.45) is 11.8 Å². The van der Waals surface area contributed by atoms with Crippen LogP contribution in [0.15, 0.2) is 18.2 Å². The topological polar surface area (TPSA) is 89.8 Å². The third kappa shape index (κ3) is 4.11. The van der Waals surface area contributed by atoms with Gasteiger partial charge in [0.1, 0.15) is 11.5 Å². The predicted octanol–water partition coefficient (Wildman–Crippen LogP) is 2.64. The van der Waals surface area contributed by atoms with Crippen LogP contribution < -0.4 is 5.32 Å². The average molecular weight is 293 g/mol. The van der Waals surface area contributed by atoms with Gasteiger partial charge in [-0.15, -0.1) is 0 Å². The molecule has 0 heterocycles. The summed E-state index contributed by atoms with van der Waals surface area (Å²) in [4.78, 5) is 10.9. The molecule has 0 spiro atoms. The lowest BCUT2D eigenvalue weighted by Crippen LogP contribution is -2.30. The molecule has 0 bridgehead atoms. The number of nitrogens with one attached hydrogen (secondary N) is 1. The van der Waals surface area contributed by atoms with E-state index in [1.54, 1.807) is 6.07 Å². The van der Waals surface area contributed by atoms with Crippen molar-refractivity contribution < 1.29 is 20.1 Å². The van der Waals surface area contributed by atoms with Crippen molar-refractivity contribution in [3.63, 3.8) is 0 Å². The Balaban J connectivity index is 1.83. The van der Waals surface area contributed by atoms with Gasteiger partial charge in [-0.25, -0.2) is 0 Å². The highest BCUT2D eigenvalue weighted by atomic mass is 16.4. The summed E-state index contributed by atoms with van der Waals surface area (Å²) in [6, 6.07) is 4.45. The summed E-state index contributed by atoms with van der Waals surface area (Å²) in [6.07, 6.45) is 3.33. The highest BCUT2D eigenvalue weighted by Crippen LogP contribution is 2.30. The molecule has 21 heavy (non-hydrogen) atoms. The number of phenolic OH excluding ortho intramolecular Hbond substituents is 2. The molecule has 5 heteroatoms. The monoisotopic (exact) mass is 293 g/mol. The fourth-order valence-corrected chi connectivity index (χ4v) is 2.96. The van der Waals surface area contributed by atoms with Gasteiger partial charge in [-0.2, -0.15) is 0 Å². The van der Waals surface area contributed by atoms with E-state index >= 15 is 0 Å². The Kier molecular flexibility index (Phi) is 5.07. The molecule has 1 unspecified atom stereocenters. The van der Waals surface area contributed by atoms with Gasteiger partial charge in [0.25, 0.3) is 0 Å².